The van der Waals surface area contributed by atoms with Gasteiger partial charge >= 0.3 is 0 Å². The average Bonchev–Trinajstić information content (AvgIpc) is 1.62. The molecule has 0 spiro atoms. The first-order valence-corrected chi connectivity index (χ1v) is 38.1. The SMILES string of the molecule is BrCCc1cccc2ccccc12.CCBr.CCC[n+]1cn(CCc2cccc3ccccc23)c2c1C(=O)c1ccccc1C2=O.CCn1c[n+](CCc2cccc3ccccc23)c2c1C(=O)c1ccccc1C2=O.CCn1cnc2c1C(=O)c1ccccc1C2=O.O=C1c2ccccc2C(=O)c2[nH]cnc21.[Br-].[Br-]. The minimum atomic E-state index is -0.193. The molecular weight excluding hydrogens is 1630 g/mol. The van der Waals surface area contributed by atoms with E-state index < -0.39 is 0 Å². The van der Waals surface area contributed by atoms with Gasteiger partial charge in [-0.05, 0) is 75.7 Å². The van der Waals surface area contributed by atoms with Crippen molar-refractivity contribution in [2.75, 3.05) is 10.7 Å². The number of benzene rings is 10. The van der Waals surface area contributed by atoms with Gasteiger partial charge in [-0.2, -0.15) is 0 Å². The van der Waals surface area contributed by atoms with E-state index in [1.807, 2.05) is 94.2 Å². The van der Waals surface area contributed by atoms with Crippen LogP contribution in [-0.4, -0.2) is 85.6 Å². The second kappa shape index (κ2) is 35.9. The summed E-state index contributed by atoms with van der Waals surface area (Å²) in [6.45, 7) is 11.3. The first-order valence-electron chi connectivity index (χ1n) is 35.8. The molecule has 548 valence electrons. The number of H-pyrrole nitrogens is 1. The molecule has 0 saturated carbocycles. The van der Waals surface area contributed by atoms with E-state index >= 15 is 0 Å². The summed E-state index contributed by atoms with van der Waals surface area (Å²) in [5, 5.41) is 9.69. The Morgan fingerprint density at radius 1 is 0.358 bits per heavy atom. The van der Waals surface area contributed by atoms with Gasteiger partial charge in [0.2, 0.25) is 81.7 Å². The lowest BCUT2D eigenvalue weighted by Gasteiger charge is -2.14. The number of halogens is 4. The first kappa shape index (κ1) is 79.2. The summed E-state index contributed by atoms with van der Waals surface area (Å²) in [5.74, 6) is -0.900. The van der Waals surface area contributed by atoms with Gasteiger partial charge in [-0.15, -0.1) is 0 Å². The molecular formula is C89H76Br4N8O8. The summed E-state index contributed by atoms with van der Waals surface area (Å²) in [5.41, 5.74) is 11.0. The molecule has 1 N–H and O–H groups in total. The summed E-state index contributed by atoms with van der Waals surface area (Å²) in [7, 11) is 0. The first-order chi connectivity index (χ1) is 52.2. The molecule has 0 radical (unpaired) electrons. The van der Waals surface area contributed by atoms with Crippen molar-refractivity contribution in [3.05, 3.63) is 357 Å². The van der Waals surface area contributed by atoms with E-state index in [2.05, 4.69) is 163 Å². The summed E-state index contributed by atoms with van der Waals surface area (Å²) in [6.07, 6.45) is 10.3. The van der Waals surface area contributed by atoms with Crippen molar-refractivity contribution < 1.29 is 81.5 Å². The highest BCUT2D eigenvalue weighted by molar-refractivity contribution is 9.09. The smallest absolute Gasteiger partial charge is 0.244 e. The zero-order chi connectivity index (χ0) is 74.8. The lowest BCUT2D eigenvalue weighted by molar-refractivity contribution is -0.698. The van der Waals surface area contributed by atoms with Gasteiger partial charge < -0.3 is 43.5 Å². The topological polar surface area (TPSA) is 201 Å². The molecule has 16 nitrogen and oxygen atoms in total. The van der Waals surface area contributed by atoms with Crippen molar-refractivity contribution in [3.8, 4) is 0 Å². The average molecular weight is 1710 g/mol. The molecule has 10 aromatic carbocycles. The molecule has 4 aliphatic carbocycles. The molecule has 0 unspecified atom stereocenters. The minimum Gasteiger partial charge on any atom is -1.00 e. The fourth-order valence-electron chi connectivity index (χ4n) is 14.4. The summed E-state index contributed by atoms with van der Waals surface area (Å²) in [4.78, 5) is 112. The standard InChI is InChI=1S/C26H23N2O2.C25H21N2O2.C13H10N2O2.C12H11Br.C11H6N2O2.C2H5Br.2BrH/c1-2-15-27-17-28(16-14-19-10-7-9-18-8-3-4-11-20(18)19)24-23(27)25(29)21-12-5-6-13-22(21)26(24)30;1-2-26-16-27(15-14-18-10-7-9-17-8-3-4-11-19(17)18)23-22(26)24(28)20-12-5-6-13-21(20)25(23)29;1-2-15-7-14-10-11(15)13(17)9-6-4-3-5-8(9)12(10)16;13-9-8-11-6-3-5-10-4-1-2-7-12(10)11;14-10-6-3-1-2-4-7(6)11(15)9-8(10)12-5-13-9;1-2-3;;/h3-13,17H,2,14-16H2,1H3;3-13,16H,2,14-15H2,1H3;3-7H,2H2,1H3;1-7H,8-9H2;1-5H,(H,12,13);2H2,1H3;2*1H/q2*+1;;;;;;/p-2. The van der Waals surface area contributed by atoms with Crippen molar-refractivity contribution in [2.45, 2.75) is 86.1 Å². The lowest BCUT2D eigenvalue weighted by atomic mass is 9.90. The molecule has 0 saturated heterocycles. The summed E-state index contributed by atoms with van der Waals surface area (Å²) in [6, 6.07) is 72.2. The van der Waals surface area contributed by atoms with Crippen LogP contribution in [0.4, 0.5) is 0 Å². The number of carbonyl (C=O) groups is 8. The summed E-state index contributed by atoms with van der Waals surface area (Å²) >= 11 is 6.62. The van der Waals surface area contributed by atoms with Gasteiger partial charge in [0.05, 0.1) is 38.8 Å². The third kappa shape index (κ3) is 15.9. The number of aryl methyl sites for hydroxylation is 8. The van der Waals surface area contributed by atoms with E-state index in [-0.39, 0.29) is 91.6 Å². The number of aromatic nitrogens is 8. The van der Waals surface area contributed by atoms with Crippen LogP contribution in [0.2, 0.25) is 0 Å². The zero-order valence-electron chi connectivity index (χ0n) is 60.4. The Bertz CT molecular complexity index is 5760. The second-order valence-electron chi connectivity index (χ2n) is 25.8. The number of imidazole rings is 4. The highest BCUT2D eigenvalue weighted by Crippen LogP contribution is 2.32. The lowest BCUT2D eigenvalue weighted by Crippen LogP contribution is -3.00. The summed E-state index contributed by atoms with van der Waals surface area (Å²) < 4.78 is 9.49. The highest BCUT2D eigenvalue weighted by Gasteiger charge is 2.43. The molecule has 0 fully saturated rings. The molecule has 0 amide bonds. The van der Waals surface area contributed by atoms with Crippen LogP contribution in [0.5, 0.6) is 0 Å². The van der Waals surface area contributed by atoms with E-state index in [4.69, 9.17) is 0 Å². The Balaban J connectivity index is 0.000000138. The van der Waals surface area contributed by atoms with Crippen LogP contribution in [0.1, 0.15) is 179 Å². The maximum absolute atomic E-state index is 13.3. The Labute approximate surface area is 668 Å². The van der Waals surface area contributed by atoms with Crippen LogP contribution >= 0.6 is 31.9 Å². The van der Waals surface area contributed by atoms with Gasteiger partial charge in [-0.3, -0.25) is 38.4 Å². The van der Waals surface area contributed by atoms with Crippen molar-refractivity contribution in [3.63, 3.8) is 0 Å². The Morgan fingerprint density at radius 3 is 1.17 bits per heavy atom. The normalized spacial score (nSPS) is 12.3. The highest BCUT2D eigenvalue weighted by atomic mass is 79.9. The molecule has 4 heterocycles. The number of aromatic amines is 1. The molecule has 18 rings (SSSR count). The molecule has 4 aromatic heterocycles. The molecule has 0 aliphatic heterocycles. The van der Waals surface area contributed by atoms with Crippen molar-refractivity contribution in [2.24, 2.45) is 0 Å². The van der Waals surface area contributed by atoms with E-state index in [0.29, 0.717) is 111 Å². The van der Waals surface area contributed by atoms with E-state index in [1.165, 1.54) is 55.3 Å². The third-order valence-electron chi connectivity index (χ3n) is 19.4. The van der Waals surface area contributed by atoms with E-state index in [0.717, 1.165) is 36.3 Å². The van der Waals surface area contributed by atoms with Crippen LogP contribution < -0.4 is 43.1 Å². The van der Waals surface area contributed by atoms with Crippen LogP contribution in [0.3, 0.4) is 0 Å². The number of nitrogens with one attached hydrogen (secondary N) is 1. The minimum absolute atomic E-state index is 0. The number of carbonyl (C=O) groups excluding carboxylic acids is 8. The fourth-order valence-corrected chi connectivity index (χ4v) is 14.8. The molecule has 0 bridgehead atoms. The largest absolute Gasteiger partial charge is 1.00 e. The van der Waals surface area contributed by atoms with Gasteiger partial charge in [0.1, 0.15) is 22.8 Å². The van der Waals surface area contributed by atoms with Crippen molar-refractivity contribution in [1.82, 2.24) is 28.7 Å². The van der Waals surface area contributed by atoms with Gasteiger partial charge in [0.25, 0.3) is 0 Å². The maximum Gasteiger partial charge on any atom is 0.244 e. The van der Waals surface area contributed by atoms with Crippen LogP contribution in [0.15, 0.2) is 250 Å². The van der Waals surface area contributed by atoms with Crippen molar-refractivity contribution >= 4 is 110 Å². The number of rotatable bonds is 12. The molecule has 4 aliphatic rings. The Morgan fingerprint density at radius 2 is 0.716 bits per heavy atom. The number of alkyl halides is 2. The number of fused-ring (bicyclic) bond motifs is 11. The monoisotopic (exact) mass is 1700 g/mol. The Hall–Kier alpha value is -10.9. The number of hydrogen-bond donors (Lipinski definition) is 1. The zero-order valence-corrected chi connectivity index (χ0v) is 66.7. The van der Waals surface area contributed by atoms with E-state index in [1.54, 1.807) is 83.7 Å². The number of ketones is 8. The molecule has 109 heavy (non-hydrogen) atoms. The Kier molecular flexibility index (Phi) is 26.1. The van der Waals surface area contributed by atoms with Crippen LogP contribution in [-0.2, 0) is 52.0 Å². The second-order valence-corrected chi connectivity index (χ2v) is 27.7. The molecule has 0 atom stereocenters. The number of nitrogens with zero attached hydrogens (tertiary/aromatic N) is 7. The van der Waals surface area contributed by atoms with Crippen LogP contribution in [0, 0.1) is 0 Å². The van der Waals surface area contributed by atoms with Gasteiger partial charge in [0.15, 0.2) is 0 Å². The predicted octanol–water partition coefficient (Wildman–Crippen LogP) is 10.4. The molecule has 14 aromatic rings. The quantitative estimate of drug-likeness (QED) is 0.0906. The predicted molar refractivity (Wildman–Crippen MR) is 421 cm³/mol. The van der Waals surface area contributed by atoms with Crippen LogP contribution in [0.25, 0.3) is 32.3 Å². The fraction of sp³-hybridized carbons (Fsp3) is 0.169. The maximum atomic E-state index is 13.3. The van der Waals surface area contributed by atoms with Crippen molar-refractivity contribution in [1.29, 1.82) is 0 Å². The van der Waals surface area contributed by atoms with Gasteiger partial charge in [-0.1, -0.05) is 270 Å². The molecule has 20 heteroatoms. The van der Waals surface area contributed by atoms with E-state index in [9.17, 15) is 38.4 Å². The van der Waals surface area contributed by atoms with Gasteiger partial charge in [-0.25, -0.2) is 28.2 Å². The number of hydrogen-bond acceptors (Lipinski definition) is 10. The van der Waals surface area contributed by atoms with Gasteiger partial charge in [0, 0.05) is 74.6 Å². The third-order valence-corrected chi connectivity index (χ3v) is 19.8.